The lowest BCUT2D eigenvalue weighted by Crippen LogP contribution is -2.48. The molecule has 0 unspecified atom stereocenters. The van der Waals surface area contributed by atoms with Crippen molar-refractivity contribution in [2.24, 2.45) is 5.92 Å². The largest absolute Gasteiger partial charge is 0.337 e. The minimum absolute atomic E-state index is 0.122. The van der Waals surface area contributed by atoms with Crippen LogP contribution in [0.1, 0.15) is 49.8 Å². The highest BCUT2D eigenvalue weighted by Gasteiger charge is 2.45. The van der Waals surface area contributed by atoms with Gasteiger partial charge in [-0.05, 0) is 50.1 Å². The van der Waals surface area contributed by atoms with E-state index in [0.29, 0.717) is 13.1 Å². The summed E-state index contributed by atoms with van der Waals surface area (Å²) >= 11 is 0. The number of hydrogen-bond acceptors (Lipinski definition) is 3. The maximum Gasteiger partial charge on any atom is 0.227 e. The van der Waals surface area contributed by atoms with Gasteiger partial charge in [-0.15, -0.1) is 0 Å². The van der Waals surface area contributed by atoms with Gasteiger partial charge in [0.15, 0.2) is 0 Å². The number of aromatic nitrogens is 2. The maximum atomic E-state index is 13.9. The van der Waals surface area contributed by atoms with Gasteiger partial charge >= 0.3 is 0 Å². The van der Waals surface area contributed by atoms with E-state index in [1.807, 2.05) is 36.9 Å². The molecule has 3 heterocycles. The van der Waals surface area contributed by atoms with Crippen molar-refractivity contribution in [1.82, 2.24) is 20.0 Å². The summed E-state index contributed by atoms with van der Waals surface area (Å²) in [6, 6.07) is 9.19. The Morgan fingerprint density at radius 2 is 2.17 bits per heavy atom. The van der Waals surface area contributed by atoms with Crippen molar-refractivity contribution in [1.29, 1.82) is 0 Å². The van der Waals surface area contributed by atoms with E-state index in [9.17, 15) is 9.18 Å². The molecule has 1 aromatic carbocycles. The van der Waals surface area contributed by atoms with E-state index in [1.165, 1.54) is 12.5 Å². The number of benzene rings is 1. The summed E-state index contributed by atoms with van der Waals surface area (Å²) in [5, 5.41) is 8.13. The SMILES string of the molecule is Cc1ccn(C[C@@H](C)C(=O)N2C[C@@H](c3cccc(F)c3)[C@@H]3NCCCCC[C@H]32)n1. The van der Waals surface area contributed by atoms with Crippen molar-refractivity contribution in [2.75, 3.05) is 13.1 Å². The molecule has 6 heteroatoms. The average molecular weight is 399 g/mol. The number of fused-ring (bicyclic) bond motifs is 1. The molecule has 4 rings (SSSR count). The van der Waals surface area contributed by atoms with Crippen LogP contribution in [-0.4, -0.2) is 45.8 Å². The predicted molar refractivity (Wildman–Crippen MR) is 111 cm³/mol. The van der Waals surface area contributed by atoms with Crippen molar-refractivity contribution in [3.05, 3.63) is 53.6 Å². The van der Waals surface area contributed by atoms with E-state index in [2.05, 4.69) is 15.3 Å². The number of amides is 1. The Hall–Kier alpha value is -2.21. The summed E-state index contributed by atoms with van der Waals surface area (Å²) in [5.74, 6) is -0.0601. The van der Waals surface area contributed by atoms with Crippen LogP contribution in [0.2, 0.25) is 0 Å². The molecule has 0 saturated carbocycles. The lowest BCUT2D eigenvalue weighted by Gasteiger charge is -2.32. The fourth-order valence-corrected chi connectivity index (χ4v) is 4.97. The molecule has 0 radical (unpaired) electrons. The first kappa shape index (κ1) is 20.1. The average Bonchev–Trinajstić information content (AvgIpc) is 3.24. The first-order chi connectivity index (χ1) is 14.0. The number of halogens is 1. The van der Waals surface area contributed by atoms with Gasteiger partial charge in [0.05, 0.1) is 18.2 Å². The van der Waals surface area contributed by atoms with Gasteiger partial charge in [0.2, 0.25) is 5.91 Å². The van der Waals surface area contributed by atoms with Gasteiger partial charge in [0.1, 0.15) is 5.82 Å². The fourth-order valence-electron chi connectivity index (χ4n) is 4.97. The molecule has 2 aliphatic rings. The molecule has 1 aromatic heterocycles. The van der Waals surface area contributed by atoms with Gasteiger partial charge in [-0.25, -0.2) is 4.39 Å². The van der Waals surface area contributed by atoms with Crippen molar-refractivity contribution in [3.8, 4) is 0 Å². The smallest absolute Gasteiger partial charge is 0.227 e. The maximum absolute atomic E-state index is 13.9. The molecule has 4 atom stereocenters. The van der Waals surface area contributed by atoms with Crippen LogP contribution < -0.4 is 5.32 Å². The Morgan fingerprint density at radius 1 is 1.31 bits per heavy atom. The van der Waals surface area contributed by atoms with Gasteiger partial charge < -0.3 is 10.2 Å². The van der Waals surface area contributed by atoms with E-state index < -0.39 is 0 Å². The number of carbonyl (C=O) groups excluding carboxylic acids is 1. The fraction of sp³-hybridized carbons (Fsp3) is 0.565. The van der Waals surface area contributed by atoms with Crippen LogP contribution in [0.25, 0.3) is 0 Å². The second kappa shape index (κ2) is 8.66. The Balaban J connectivity index is 1.56. The Bertz CT molecular complexity index is 851. The van der Waals surface area contributed by atoms with Crippen molar-refractivity contribution in [3.63, 3.8) is 0 Å². The summed E-state index contributed by atoms with van der Waals surface area (Å²) in [6.07, 6.45) is 6.41. The number of rotatable bonds is 4. The third-order valence-electron chi connectivity index (χ3n) is 6.41. The number of likely N-dealkylation sites (tertiary alicyclic amines) is 1. The first-order valence-electron chi connectivity index (χ1n) is 10.8. The van der Waals surface area contributed by atoms with E-state index in [0.717, 1.165) is 37.1 Å². The highest BCUT2D eigenvalue weighted by molar-refractivity contribution is 5.79. The van der Waals surface area contributed by atoms with Crippen LogP contribution in [0.4, 0.5) is 4.39 Å². The van der Waals surface area contributed by atoms with Gasteiger partial charge in [-0.1, -0.05) is 31.9 Å². The molecule has 0 spiro atoms. The molecule has 0 bridgehead atoms. The minimum Gasteiger partial charge on any atom is -0.337 e. The van der Waals surface area contributed by atoms with Gasteiger partial charge in [-0.3, -0.25) is 9.48 Å². The number of aryl methyl sites for hydroxylation is 1. The molecule has 5 nitrogen and oxygen atoms in total. The van der Waals surface area contributed by atoms with Gasteiger partial charge in [-0.2, -0.15) is 5.10 Å². The summed E-state index contributed by atoms with van der Waals surface area (Å²) in [7, 11) is 0. The highest BCUT2D eigenvalue weighted by Crippen LogP contribution is 2.36. The molecule has 1 amide bonds. The third-order valence-corrected chi connectivity index (χ3v) is 6.41. The summed E-state index contributed by atoms with van der Waals surface area (Å²) < 4.78 is 15.8. The Morgan fingerprint density at radius 3 is 2.93 bits per heavy atom. The summed E-state index contributed by atoms with van der Waals surface area (Å²) in [5.41, 5.74) is 1.94. The molecule has 29 heavy (non-hydrogen) atoms. The van der Waals surface area contributed by atoms with E-state index in [1.54, 1.807) is 12.1 Å². The van der Waals surface area contributed by atoms with Crippen LogP contribution in [0.15, 0.2) is 36.5 Å². The summed E-state index contributed by atoms with van der Waals surface area (Å²) in [4.78, 5) is 15.5. The molecule has 1 N–H and O–H groups in total. The minimum atomic E-state index is -0.211. The van der Waals surface area contributed by atoms with Crippen molar-refractivity contribution >= 4 is 5.91 Å². The second-order valence-corrected chi connectivity index (χ2v) is 8.63. The molecule has 2 fully saturated rings. The van der Waals surface area contributed by atoms with Crippen molar-refractivity contribution in [2.45, 2.75) is 64.1 Å². The Labute approximate surface area is 172 Å². The van der Waals surface area contributed by atoms with Crippen LogP contribution in [0, 0.1) is 18.7 Å². The zero-order chi connectivity index (χ0) is 20.4. The number of carbonyl (C=O) groups is 1. The topological polar surface area (TPSA) is 50.2 Å². The Kier molecular flexibility index (Phi) is 5.99. The first-order valence-corrected chi connectivity index (χ1v) is 10.8. The quantitative estimate of drug-likeness (QED) is 0.858. The number of hydrogen-bond donors (Lipinski definition) is 1. The van der Waals surface area contributed by atoms with Gasteiger partial charge in [0.25, 0.3) is 0 Å². The van der Waals surface area contributed by atoms with E-state index >= 15 is 0 Å². The molecule has 2 aliphatic heterocycles. The zero-order valence-corrected chi connectivity index (χ0v) is 17.4. The number of nitrogens with one attached hydrogen (secondary N) is 1. The standard InChI is InChI=1S/C23H31FN4O/c1-16(14-27-12-10-17(2)26-27)23(29)28-15-20(18-7-6-8-19(24)13-18)22-21(28)9-4-3-5-11-25-22/h6-8,10,12-13,16,20-22,25H,3-5,9,11,14-15H2,1-2H3/t16-,20+,21-,22+/m1/s1. The molecular weight excluding hydrogens is 367 g/mol. The molecule has 156 valence electrons. The monoisotopic (exact) mass is 398 g/mol. The lowest BCUT2D eigenvalue weighted by atomic mass is 9.88. The lowest BCUT2D eigenvalue weighted by molar-refractivity contribution is -0.136. The van der Waals surface area contributed by atoms with Crippen LogP contribution in [-0.2, 0) is 11.3 Å². The van der Waals surface area contributed by atoms with E-state index in [4.69, 9.17) is 0 Å². The molecule has 2 saturated heterocycles. The van der Waals surface area contributed by atoms with Gasteiger partial charge in [0, 0.05) is 30.7 Å². The number of nitrogens with zero attached hydrogens (tertiary/aromatic N) is 3. The van der Waals surface area contributed by atoms with Crippen LogP contribution >= 0.6 is 0 Å². The predicted octanol–water partition coefficient (Wildman–Crippen LogP) is 3.49. The zero-order valence-electron chi connectivity index (χ0n) is 17.4. The highest BCUT2D eigenvalue weighted by atomic mass is 19.1. The third kappa shape index (κ3) is 4.37. The molecule has 2 aromatic rings. The normalized spacial score (nSPS) is 25.9. The second-order valence-electron chi connectivity index (χ2n) is 8.63. The molecule has 0 aliphatic carbocycles. The van der Waals surface area contributed by atoms with E-state index in [-0.39, 0.29) is 35.6 Å². The molecular formula is C23H31FN4O. The van der Waals surface area contributed by atoms with Crippen LogP contribution in [0.3, 0.4) is 0 Å². The van der Waals surface area contributed by atoms with Crippen LogP contribution in [0.5, 0.6) is 0 Å². The van der Waals surface area contributed by atoms with Crippen molar-refractivity contribution < 1.29 is 9.18 Å². The summed E-state index contributed by atoms with van der Waals surface area (Å²) in [6.45, 7) is 6.13.